The van der Waals surface area contributed by atoms with Gasteiger partial charge in [0.15, 0.2) is 0 Å². The van der Waals surface area contributed by atoms with Gasteiger partial charge in [0.05, 0.1) is 5.51 Å². The first-order valence-corrected chi connectivity index (χ1v) is 4.65. The van der Waals surface area contributed by atoms with E-state index < -0.39 is 11.4 Å². The molecule has 0 unspecified atom stereocenters. The Morgan fingerprint density at radius 3 is 3.00 bits per heavy atom. The predicted octanol–water partition coefficient (Wildman–Crippen LogP) is 0.693. The molecule has 0 aliphatic rings. The Kier molecular flexibility index (Phi) is 1.85. The van der Waals surface area contributed by atoms with Crippen molar-refractivity contribution in [3.8, 4) is 0 Å². The zero-order valence-corrected chi connectivity index (χ0v) is 8.04. The minimum Gasteiger partial charge on any atom is -0.477 e. The van der Waals surface area contributed by atoms with Crippen molar-refractivity contribution in [1.82, 2.24) is 9.55 Å². The molecule has 5 nitrogen and oxygen atoms in total. The smallest absolute Gasteiger partial charge is 0.341 e. The molecule has 2 heterocycles. The maximum absolute atomic E-state index is 11.5. The van der Waals surface area contributed by atoms with Gasteiger partial charge in [-0.3, -0.25) is 4.79 Å². The van der Waals surface area contributed by atoms with Crippen LogP contribution in [0, 0.1) is 0 Å². The van der Waals surface area contributed by atoms with Crippen LogP contribution in [0.1, 0.15) is 10.4 Å². The zero-order valence-electron chi connectivity index (χ0n) is 7.22. The maximum atomic E-state index is 11.5. The SMILES string of the molecule is Cn1cc(C(=O)O)c(=O)c2ncsc21. The largest absolute Gasteiger partial charge is 0.477 e. The van der Waals surface area contributed by atoms with Gasteiger partial charge < -0.3 is 9.67 Å². The lowest BCUT2D eigenvalue weighted by Gasteiger charge is -2.00. The summed E-state index contributed by atoms with van der Waals surface area (Å²) >= 11 is 1.31. The van der Waals surface area contributed by atoms with Crippen LogP contribution in [0.4, 0.5) is 0 Å². The van der Waals surface area contributed by atoms with Crippen LogP contribution in [-0.2, 0) is 7.05 Å². The molecule has 0 saturated carbocycles. The summed E-state index contributed by atoms with van der Waals surface area (Å²) in [6, 6.07) is 0. The number of carboxylic acids is 1. The average molecular weight is 210 g/mol. The normalized spacial score (nSPS) is 10.6. The van der Waals surface area contributed by atoms with Crippen molar-refractivity contribution in [3.05, 3.63) is 27.5 Å². The highest BCUT2D eigenvalue weighted by molar-refractivity contribution is 7.16. The number of fused-ring (bicyclic) bond motifs is 1. The standard InChI is InChI=1S/C8H6N2O3S/c1-10-2-4(8(12)13)6(11)5-7(10)14-3-9-5/h2-3H,1H3,(H,12,13). The summed E-state index contributed by atoms with van der Waals surface area (Å²) < 4.78 is 1.60. The number of carbonyl (C=O) groups is 1. The van der Waals surface area contributed by atoms with Gasteiger partial charge in [-0.05, 0) is 0 Å². The molecule has 0 fully saturated rings. The number of carboxylic acid groups (broad SMARTS) is 1. The summed E-state index contributed by atoms with van der Waals surface area (Å²) in [5.74, 6) is -1.22. The zero-order chi connectivity index (χ0) is 10.3. The van der Waals surface area contributed by atoms with Crippen LogP contribution in [-0.4, -0.2) is 20.6 Å². The fourth-order valence-corrected chi connectivity index (χ4v) is 1.97. The van der Waals surface area contributed by atoms with E-state index in [9.17, 15) is 9.59 Å². The molecule has 0 bridgehead atoms. The van der Waals surface area contributed by atoms with Gasteiger partial charge in [0.2, 0.25) is 5.43 Å². The third-order valence-corrected chi connectivity index (χ3v) is 2.80. The Morgan fingerprint density at radius 2 is 2.36 bits per heavy atom. The Bertz CT molecular complexity index is 569. The van der Waals surface area contributed by atoms with Crippen molar-refractivity contribution >= 4 is 27.7 Å². The number of aromatic carboxylic acids is 1. The van der Waals surface area contributed by atoms with Crippen LogP contribution < -0.4 is 5.43 Å². The number of hydrogen-bond donors (Lipinski definition) is 1. The van der Waals surface area contributed by atoms with Gasteiger partial charge in [0.1, 0.15) is 15.9 Å². The highest BCUT2D eigenvalue weighted by atomic mass is 32.1. The third-order valence-electron chi connectivity index (χ3n) is 1.88. The Morgan fingerprint density at radius 1 is 1.64 bits per heavy atom. The van der Waals surface area contributed by atoms with Crippen molar-refractivity contribution in [2.45, 2.75) is 0 Å². The monoisotopic (exact) mass is 210 g/mol. The van der Waals surface area contributed by atoms with Gasteiger partial charge in [-0.25, -0.2) is 9.78 Å². The van der Waals surface area contributed by atoms with E-state index in [0.717, 1.165) is 0 Å². The predicted molar refractivity (Wildman–Crippen MR) is 51.8 cm³/mol. The van der Waals surface area contributed by atoms with Crippen LogP contribution in [0.25, 0.3) is 10.3 Å². The molecule has 6 heteroatoms. The number of aromatic nitrogens is 2. The summed E-state index contributed by atoms with van der Waals surface area (Å²) in [5, 5.41) is 8.75. The molecule has 0 saturated heterocycles. The van der Waals surface area contributed by atoms with Gasteiger partial charge in [0.25, 0.3) is 0 Å². The van der Waals surface area contributed by atoms with Gasteiger partial charge in [-0.1, -0.05) is 0 Å². The molecule has 14 heavy (non-hydrogen) atoms. The molecule has 2 aromatic heterocycles. The second-order valence-corrected chi connectivity index (χ2v) is 3.63. The van der Waals surface area contributed by atoms with Crippen LogP contribution in [0.15, 0.2) is 16.5 Å². The molecule has 0 aliphatic carbocycles. The second-order valence-electron chi connectivity index (χ2n) is 2.79. The minimum atomic E-state index is -1.22. The van der Waals surface area contributed by atoms with Crippen molar-refractivity contribution in [2.24, 2.45) is 7.05 Å². The van der Waals surface area contributed by atoms with Crippen LogP contribution in [0.2, 0.25) is 0 Å². The first-order chi connectivity index (χ1) is 6.61. The topological polar surface area (TPSA) is 72.2 Å². The molecular formula is C8H6N2O3S. The maximum Gasteiger partial charge on any atom is 0.341 e. The van der Waals surface area contributed by atoms with Crippen LogP contribution >= 0.6 is 11.3 Å². The van der Waals surface area contributed by atoms with E-state index in [1.165, 1.54) is 23.0 Å². The molecule has 0 aliphatic heterocycles. The molecule has 0 atom stereocenters. The lowest BCUT2D eigenvalue weighted by atomic mass is 10.2. The molecule has 0 amide bonds. The van der Waals surface area contributed by atoms with Gasteiger partial charge in [-0.15, -0.1) is 11.3 Å². The lowest BCUT2D eigenvalue weighted by molar-refractivity contribution is 0.0695. The van der Waals surface area contributed by atoms with Gasteiger partial charge in [-0.2, -0.15) is 0 Å². The molecule has 1 N–H and O–H groups in total. The second kappa shape index (κ2) is 2.91. The molecule has 72 valence electrons. The third kappa shape index (κ3) is 1.12. The highest BCUT2D eigenvalue weighted by Gasteiger charge is 2.14. The van der Waals surface area contributed by atoms with E-state index in [0.29, 0.717) is 4.83 Å². The summed E-state index contributed by atoms with van der Waals surface area (Å²) in [7, 11) is 1.69. The molecule has 2 aromatic rings. The first-order valence-electron chi connectivity index (χ1n) is 3.77. The van der Waals surface area contributed by atoms with E-state index in [1.807, 2.05) is 0 Å². The van der Waals surface area contributed by atoms with Crippen molar-refractivity contribution in [1.29, 1.82) is 0 Å². The molecule has 0 radical (unpaired) electrons. The molecular weight excluding hydrogens is 204 g/mol. The number of rotatable bonds is 1. The number of aryl methyl sites for hydroxylation is 1. The molecule has 0 aromatic carbocycles. The number of nitrogens with zero attached hydrogens (tertiary/aromatic N) is 2. The Hall–Kier alpha value is -1.69. The summed E-state index contributed by atoms with van der Waals surface area (Å²) in [6.45, 7) is 0. The van der Waals surface area contributed by atoms with Crippen molar-refractivity contribution < 1.29 is 9.90 Å². The van der Waals surface area contributed by atoms with Crippen molar-refractivity contribution in [2.75, 3.05) is 0 Å². The molecule has 2 rings (SSSR count). The van der Waals surface area contributed by atoms with Crippen molar-refractivity contribution in [3.63, 3.8) is 0 Å². The number of hydrogen-bond acceptors (Lipinski definition) is 4. The van der Waals surface area contributed by atoms with E-state index in [-0.39, 0.29) is 11.1 Å². The first kappa shape index (κ1) is 8.89. The lowest BCUT2D eigenvalue weighted by Crippen LogP contribution is -2.17. The summed E-state index contributed by atoms with van der Waals surface area (Å²) in [5.41, 5.74) is 0.979. The van der Waals surface area contributed by atoms with Gasteiger partial charge >= 0.3 is 5.97 Å². The fraction of sp³-hybridized carbons (Fsp3) is 0.125. The Labute approximate surface area is 82.2 Å². The van der Waals surface area contributed by atoms with E-state index >= 15 is 0 Å². The molecule has 0 spiro atoms. The van der Waals surface area contributed by atoms with Gasteiger partial charge in [0, 0.05) is 13.2 Å². The number of thiazole rings is 1. The highest BCUT2D eigenvalue weighted by Crippen LogP contribution is 2.13. The van der Waals surface area contributed by atoms with Crippen LogP contribution in [0.5, 0.6) is 0 Å². The minimum absolute atomic E-state index is 0.220. The number of pyridine rings is 1. The van der Waals surface area contributed by atoms with E-state index in [4.69, 9.17) is 5.11 Å². The Balaban J connectivity index is 2.96. The summed E-state index contributed by atoms with van der Waals surface area (Å²) in [6.07, 6.45) is 1.31. The average Bonchev–Trinajstić information content (AvgIpc) is 2.59. The summed E-state index contributed by atoms with van der Waals surface area (Å²) in [4.78, 5) is 26.8. The van der Waals surface area contributed by atoms with E-state index in [2.05, 4.69) is 4.98 Å². The quantitative estimate of drug-likeness (QED) is 0.751. The fourth-order valence-electron chi connectivity index (χ4n) is 1.24. The van der Waals surface area contributed by atoms with Crippen LogP contribution in [0.3, 0.4) is 0 Å². The van der Waals surface area contributed by atoms with E-state index in [1.54, 1.807) is 11.6 Å².